The van der Waals surface area contributed by atoms with Gasteiger partial charge in [-0.1, -0.05) is 67.8 Å². The van der Waals surface area contributed by atoms with Crippen LogP contribution < -0.4 is 35.0 Å². The number of alkyl halides is 2. The zero-order valence-corrected chi connectivity index (χ0v) is 60.2. The molecule has 1 amide bonds. The van der Waals surface area contributed by atoms with Gasteiger partial charge in [0.05, 0.1) is 18.6 Å². The Balaban J connectivity index is 0.000000463. The molecule has 0 saturated carbocycles. The van der Waals surface area contributed by atoms with Crippen LogP contribution in [-0.2, 0) is 60.9 Å². The van der Waals surface area contributed by atoms with E-state index in [2.05, 4.69) is 73.0 Å². The lowest BCUT2D eigenvalue weighted by Gasteiger charge is -2.34. The van der Waals surface area contributed by atoms with E-state index in [1.807, 2.05) is 4.98 Å². The van der Waals surface area contributed by atoms with E-state index in [1.54, 1.807) is 107 Å². The molecule has 4 heterocycles. The first kappa shape index (κ1) is 87.2. The molecule has 1 aromatic heterocycles. The Morgan fingerprint density at radius 3 is 1.53 bits per heavy atom. The van der Waals surface area contributed by atoms with Crippen molar-refractivity contribution < 1.29 is 109 Å². The van der Waals surface area contributed by atoms with Crippen LogP contribution in [0.25, 0.3) is 0 Å². The molecule has 4 aromatic rings. The topological polar surface area (TPSA) is 394 Å². The van der Waals surface area contributed by atoms with Gasteiger partial charge in [0, 0.05) is 52.2 Å². The summed E-state index contributed by atoms with van der Waals surface area (Å²) in [5.74, 6) is -8.01. The molecule has 0 spiro atoms. The maximum atomic E-state index is 16.1. The number of carbonyl (C=O) groups excluding carboxylic acids is 4. The number of allylic oxidation sites excluding steroid dienone is 1. The third kappa shape index (κ3) is 27.6. The van der Waals surface area contributed by atoms with Gasteiger partial charge < -0.3 is 58.1 Å². The highest BCUT2D eigenvalue weighted by Gasteiger charge is 2.67. The van der Waals surface area contributed by atoms with Gasteiger partial charge in [-0.25, -0.2) is 32.4 Å². The van der Waals surface area contributed by atoms with Gasteiger partial charge in [0.2, 0.25) is 5.91 Å². The molecule has 3 aliphatic rings. The number of aromatic nitrogens is 2. The highest BCUT2D eigenvalue weighted by atomic mass is 36.0. The van der Waals surface area contributed by atoms with Crippen LogP contribution in [0.3, 0.4) is 0 Å². The van der Waals surface area contributed by atoms with Crippen LogP contribution in [0.5, 0.6) is 17.2 Å². The molecule has 7 rings (SSSR count). The van der Waals surface area contributed by atoms with Gasteiger partial charge >= 0.3 is 43.5 Å². The summed E-state index contributed by atoms with van der Waals surface area (Å²) in [5.41, 5.74) is -2.48. The van der Waals surface area contributed by atoms with Gasteiger partial charge in [-0.15, -0.1) is 11.5 Å². The molecule has 0 radical (unpaired) electrons. The number of nitrogens with one attached hydrogen (secondary N) is 3. The van der Waals surface area contributed by atoms with Crippen molar-refractivity contribution in [3.63, 3.8) is 0 Å². The normalized spacial score (nSPS) is 24.5. The minimum Gasteiger partial charge on any atom is -0.462 e. The largest absolute Gasteiger partial charge is 0.462 e. The molecule has 2 saturated heterocycles. The SMILES string of the molecule is C=C=C[C@]1(O)[C@H](N2C=CC(=O)CC2=O)O[C@](F)(CO)[C@H]1O.C=C=C[C@]1(O)[C@H](n2ccc(=O)[nH]c2=O)O[C@](F)(CO[P@@](=O)(N[C@@H](C)C(=O)OC(C)C)Oc2ccccc2)[C@H]1O.CC(C)OC(=O)[C@H](C)NP(=O)(Cl)Oc1ccccc1.O=P(Cl)(Cl)Cl.O=P(Cl)(Cl)Oc1ccccc1.S. The number of benzene rings is 3. The zero-order chi connectivity index (χ0) is 72.1. The average Bonchev–Trinajstić information content (AvgIpc) is 1.59. The van der Waals surface area contributed by atoms with Crippen molar-refractivity contribution in [2.75, 3.05) is 13.2 Å². The molecule has 532 valence electrons. The molecule has 1 unspecified atom stereocenters. The molecule has 8 N–H and O–H groups in total. The van der Waals surface area contributed by atoms with E-state index in [-0.39, 0.29) is 25.3 Å². The third-order valence-corrected chi connectivity index (χ3v) is 15.9. The molecule has 0 bridgehead atoms. The summed E-state index contributed by atoms with van der Waals surface area (Å²) in [6, 6.07) is 23.5. The van der Waals surface area contributed by atoms with Crippen LogP contribution in [-0.4, -0.2) is 142 Å². The quantitative estimate of drug-likeness (QED) is 0.0157. The number of H-pyrrole nitrogens is 1. The van der Waals surface area contributed by atoms with Crippen LogP contribution in [0.15, 0.2) is 162 Å². The van der Waals surface area contributed by atoms with Crippen LogP contribution in [0.1, 0.15) is 54.2 Å². The molecule has 12 atom stereocenters. The molecule has 3 aliphatic heterocycles. The fourth-order valence-corrected chi connectivity index (χ4v) is 11.9. The number of rotatable bonds is 22. The smallest absolute Gasteiger partial charge is 0.459 e. The van der Waals surface area contributed by atoms with Crippen LogP contribution in [0, 0.1) is 0 Å². The molecule has 0 aliphatic carbocycles. The van der Waals surface area contributed by atoms with Gasteiger partial charge in [-0.05, 0) is 130 Å². The molecule has 96 heavy (non-hydrogen) atoms. The van der Waals surface area contributed by atoms with Crippen molar-refractivity contribution in [3.8, 4) is 17.2 Å². The van der Waals surface area contributed by atoms with E-state index in [1.165, 1.54) is 26.0 Å². The summed E-state index contributed by atoms with van der Waals surface area (Å²) in [5, 5.41) is 52.8. The number of nitrogens with zero attached hydrogens (tertiary/aromatic N) is 2. The van der Waals surface area contributed by atoms with E-state index in [0.717, 1.165) is 41.6 Å². The standard InChI is InChI=1S/C24H29FN3O10P.C13H14FNO6.C12H17ClNO4P.C6H5Cl2O2P.Cl3OP.H2S/c1-5-12-23(33)20(31)24(25,37-21(23)28-13-11-18(29)26-22(28)32)14-35-39(34,38-17-9-7-6-8-10-17)27-16(4)19(30)36-15(2)3;1-2-4-12(20)10(19)13(14,7-16)21-11(12)15-5-3-8(17)6-9(15)18;1-9(2)17-12(15)10(3)14-19(13,16)18-11-7-5-4-6-8-11;7-11(8,9)10-6-4-2-1-3-5-6;1-5(2,3)4;/h6-13,15-16,20-21,31,33H,1,14H2,2-4H3,(H,27,34)(H,26,29,32);3-5,10-11,16,19-20H,1,6-7H2;4-10H,1-3H3,(H,14,16);1-5H;;1H2/t16-,20-,21+,23+,24+,39-;10-,11+,12+,13+;10-,19?;;;/m000.../s1. The van der Waals surface area contributed by atoms with E-state index < -0.39 is 146 Å². The maximum Gasteiger partial charge on any atom is 0.459 e. The van der Waals surface area contributed by atoms with Gasteiger partial charge in [-0.2, -0.15) is 18.6 Å². The summed E-state index contributed by atoms with van der Waals surface area (Å²) in [7, 11) is -4.60. The van der Waals surface area contributed by atoms with Crippen LogP contribution >= 0.6 is 107 Å². The van der Waals surface area contributed by atoms with Crippen molar-refractivity contribution in [1.82, 2.24) is 24.6 Å². The fourth-order valence-electron chi connectivity index (χ4n) is 7.81. The number of amides is 1. The number of aliphatic hydroxyl groups excluding tert-OH is 3. The molecule has 28 nitrogen and oxygen atoms in total. The third-order valence-electron chi connectivity index (χ3n) is 11.8. The monoisotopic (exact) mass is 1570 g/mol. The maximum absolute atomic E-state index is 16.1. The molecule has 3 aromatic carbocycles. The Morgan fingerprint density at radius 1 is 0.698 bits per heavy atom. The van der Waals surface area contributed by atoms with Gasteiger partial charge in [0.1, 0.15) is 42.5 Å². The van der Waals surface area contributed by atoms with Gasteiger partial charge in [0.25, 0.3) is 17.3 Å². The summed E-state index contributed by atoms with van der Waals surface area (Å²) in [6.07, 6.45) is -8.27. The number of para-hydroxylation sites is 3. The lowest BCUT2D eigenvalue weighted by molar-refractivity contribution is -0.212. The Hall–Kier alpha value is -4.93. The number of carbonyl (C=O) groups is 4. The first-order valence-corrected chi connectivity index (χ1v) is 39.0. The highest BCUT2D eigenvalue weighted by molar-refractivity contribution is 8.24. The molecular weight excluding hydrogens is 1510 g/mol. The van der Waals surface area contributed by atoms with Crippen molar-refractivity contribution in [2.24, 2.45) is 0 Å². The average molecular weight is 1570 g/mol. The predicted molar refractivity (Wildman–Crippen MR) is 357 cm³/mol. The number of ketones is 1. The number of hydrogen-bond acceptors (Lipinski definition) is 23. The number of aromatic amines is 1. The van der Waals surface area contributed by atoms with Crippen molar-refractivity contribution in [1.29, 1.82) is 0 Å². The molecule has 41 heteroatoms. The van der Waals surface area contributed by atoms with E-state index >= 15 is 4.39 Å². The summed E-state index contributed by atoms with van der Waals surface area (Å²) in [4.78, 5) is 73.4. The Labute approximate surface area is 583 Å². The Morgan fingerprint density at radius 2 is 1.11 bits per heavy atom. The number of halogens is 8. The number of ether oxygens (including phenoxy) is 4. The number of hydrogen-bond donors (Lipinski definition) is 8. The van der Waals surface area contributed by atoms with E-state index in [9.17, 15) is 71.8 Å². The van der Waals surface area contributed by atoms with Crippen molar-refractivity contribution >= 4 is 130 Å². The highest BCUT2D eigenvalue weighted by Crippen LogP contribution is 2.61. The van der Waals surface area contributed by atoms with Crippen molar-refractivity contribution in [2.45, 2.75) is 120 Å². The van der Waals surface area contributed by atoms with Gasteiger partial charge in [-0.3, -0.25) is 47.5 Å². The second-order valence-electron chi connectivity index (χ2n) is 20.2. The lowest BCUT2D eigenvalue weighted by atomic mass is 9.92. The Kier molecular flexibility index (Phi) is 34.5. The number of esters is 2. The summed E-state index contributed by atoms with van der Waals surface area (Å²) >= 11 is 29.9. The fraction of sp³-hybridized carbons (Fsp3) is 0.382. The Bertz CT molecular complexity index is 3720. The first-order valence-electron chi connectivity index (χ1n) is 27.0. The van der Waals surface area contributed by atoms with Gasteiger partial charge in [0.15, 0.2) is 41.6 Å². The lowest BCUT2D eigenvalue weighted by Crippen LogP contribution is -2.55. The minimum atomic E-state index is -4.60. The predicted octanol–water partition coefficient (Wildman–Crippen LogP) is 9.96. The van der Waals surface area contributed by atoms with E-state index in [0.29, 0.717) is 16.1 Å². The van der Waals surface area contributed by atoms with E-state index in [4.69, 9.17) is 71.3 Å². The molecule has 2 fully saturated rings. The van der Waals surface area contributed by atoms with Crippen LogP contribution in [0.4, 0.5) is 8.78 Å². The second kappa shape index (κ2) is 38.0. The zero-order valence-electron chi connectivity index (χ0n) is 51.1. The van der Waals surface area contributed by atoms with Crippen molar-refractivity contribution in [3.05, 3.63) is 173 Å². The summed E-state index contributed by atoms with van der Waals surface area (Å²) in [6.45, 7) is 9.80. The summed E-state index contributed by atoms with van der Waals surface area (Å²) < 4.78 is 118. The van der Waals surface area contributed by atoms with Crippen LogP contribution in [0.2, 0.25) is 0 Å². The second-order valence-corrected chi connectivity index (χ2v) is 35.4. The number of aliphatic hydroxyl groups is 5. The first-order chi connectivity index (χ1) is 43.9. The molecular formula is C55H67Cl6F2N5O23P4S. The minimum absolute atomic E-state index is 0.